The molecular weight excluding hydrogens is 388 g/mol. The number of carbonyl (C=O) groups is 3. The molecular formula is C22H22N2O6. The molecule has 1 atom stereocenters. The summed E-state index contributed by atoms with van der Waals surface area (Å²) in [6.07, 6.45) is 0. The average molecular weight is 410 g/mol. The van der Waals surface area contributed by atoms with E-state index in [4.69, 9.17) is 14.2 Å². The maximum atomic E-state index is 12.9. The minimum atomic E-state index is -0.730. The fraction of sp³-hybridized carbons (Fsp3) is 0.227. The molecule has 0 saturated carbocycles. The first-order chi connectivity index (χ1) is 14.4. The van der Waals surface area contributed by atoms with Gasteiger partial charge in [0.15, 0.2) is 0 Å². The molecule has 1 aliphatic heterocycles. The Hall–Kier alpha value is -3.81. The molecule has 156 valence electrons. The number of esters is 2. The Bertz CT molecular complexity index is 995. The number of ether oxygens (including phenoxy) is 3. The summed E-state index contributed by atoms with van der Waals surface area (Å²) in [6.45, 7) is 1.69. The Balaban J connectivity index is 2.05. The third-order valence-corrected chi connectivity index (χ3v) is 4.89. The predicted octanol–water partition coefficient (Wildman–Crippen LogP) is 3.20. The lowest BCUT2D eigenvalue weighted by Crippen LogP contribution is -2.48. The van der Waals surface area contributed by atoms with E-state index < -0.39 is 24.0 Å². The number of anilines is 1. The van der Waals surface area contributed by atoms with Crippen molar-refractivity contribution in [1.82, 2.24) is 5.32 Å². The van der Waals surface area contributed by atoms with Gasteiger partial charge in [0.1, 0.15) is 5.75 Å². The Morgan fingerprint density at radius 1 is 0.900 bits per heavy atom. The van der Waals surface area contributed by atoms with Crippen LogP contribution in [0.5, 0.6) is 5.75 Å². The number of rotatable bonds is 5. The van der Waals surface area contributed by atoms with Crippen LogP contribution in [-0.4, -0.2) is 39.3 Å². The molecule has 0 unspecified atom stereocenters. The number of amides is 2. The molecule has 0 saturated heterocycles. The van der Waals surface area contributed by atoms with Gasteiger partial charge in [-0.05, 0) is 48.9 Å². The molecule has 0 radical (unpaired) electrons. The van der Waals surface area contributed by atoms with Gasteiger partial charge in [-0.2, -0.15) is 0 Å². The number of hydrogen-bond acceptors (Lipinski definition) is 6. The van der Waals surface area contributed by atoms with Crippen molar-refractivity contribution in [3.63, 3.8) is 0 Å². The summed E-state index contributed by atoms with van der Waals surface area (Å²) >= 11 is 0. The van der Waals surface area contributed by atoms with Gasteiger partial charge in [-0.1, -0.05) is 12.1 Å². The minimum absolute atomic E-state index is 0.290. The molecule has 0 bridgehead atoms. The van der Waals surface area contributed by atoms with Crippen LogP contribution in [0.4, 0.5) is 10.5 Å². The first-order valence-corrected chi connectivity index (χ1v) is 9.13. The number of carbonyl (C=O) groups excluding carboxylic acids is 3. The van der Waals surface area contributed by atoms with E-state index in [2.05, 4.69) is 5.32 Å². The summed E-state index contributed by atoms with van der Waals surface area (Å²) in [6, 6.07) is 12.3. The Morgan fingerprint density at radius 2 is 1.50 bits per heavy atom. The van der Waals surface area contributed by atoms with Gasteiger partial charge in [0, 0.05) is 5.70 Å². The molecule has 1 N–H and O–H groups in total. The topological polar surface area (TPSA) is 94.2 Å². The zero-order valence-corrected chi connectivity index (χ0v) is 17.1. The van der Waals surface area contributed by atoms with E-state index in [1.165, 1.54) is 19.1 Å². The fourth-order valence-electron chi connectivity index (χ4n) is 3.34. The smallest absolute Gasteiger partial charge is 0.337 e. The first kappa shape index (κ1) is 20.9. The van der Waals surface area contributed by atoms with Gasteiger partial charge in [0.25, 0.3) is 0 Å². The van der Waals surface area contributed by atoms with E-state index in [-0.39, 0.29) is 0 Å². The molecule has 30 heavy (non-hydrogen) atoms. The van der Waals surface area contributed by atoms with E-state index >= 15 is 0 Å². The number of urea groups is 1. The summed E-state index contributed by atoms with van der Waals surface area (Å²) in [5.41, 5.74) is 2.30. The number of allylic oxidation sites excluding steroid dienone is 1. The van der Waals surface area contributed by atoms with Crippen molar-refractivity contribution in [2.75, 3.05) is 26.2 Å². The molecule has 2 aromatic rings. The molecule has 2 amide bonds. The Labute approximate surface area is 174 Å². The van der Waals surface area contributed by atoms with Gasteiger partial charge in [-0.15, -0.1) is 0 Å². The van der Waals surface area contributed by atoms with E-state index in [0.29, 0.717) is 33.8 Å². The van der Waals surface area contributed by atoms with Crippen LogP contribution < -0.4 is 15.0 Å². The van der Waals surface area contributed by atoms with E-state index in [1.807, 2.05) is 0 Å². The third-order valence-electron chi connectivity index (χ3n) is 4.89. The number of benzene rings is 2. The molecule has 0 aromatic heterocycles. The van der Waals surface area contributed by atoms with Crippen LogP contribution in [0.15, 0.2) is 59.8 Å². The maximum Gasteiger partial charge on any atom is 0.337 e. The number of nitrogens with one attached hydrogen (secondary N) is 1. The molecule has 8 nitrogen and oxygen atoms in total. The van der Waals surface area contributed by atoms with Crippen LogP contribution >= 0.6 is 0 Å². The lowest BCUT2D eigenvalue weighted by atomic mass is 9.94. The van der Waals surface area contributed by atoms with Gasteiger partial charge in [0.2, 0.25) is 0 Å². The van der Waals surface area contributed by atoms with Gasteiger partial charge >= 0.3 is 18.0 Å². The van der Waals surface area contributed by atoms with Crippen LogP contribution in [0, 0.1) is 0 Å². The first-order valence-electron chi connectivity index (χ1n) is 9.13. The van der Waals surface area contributed by atoms with Gasteiger partial charge < -0.3 is 19.5 Å². The molecule has 0 fully saturated rings. The summed E-state index contributed by atoms with van der Waals surface area (Å²) in [5, 5.41) is 2.85. The maximum absolute atomic E-state index is 12.9. The Morgan fingerprint density at radius 3 is 2.03 bits per heavy atom. The van der Waals surface area contributed by atoms with Crippen molar-refractivity contribution in [1.29, 1.82) is 0 Å². The van der Waals surface area contributed by atoms with Crippen molar-refractivity contribution in [2.45, 2.75) is 13.0 Å². The van der Waals surface area contributed by atoms with Crippen molar-refractivity contribution in [3.8, 4) is 5.75 Å². The molecule has 1 heterocycles. The normalized spacial score (nSPS) is 16.1. The van der Waals surface area contributed by atoms with Gasteiger partial charge in [-0.3, -0.25) is 4.90 Å². The number of hydrogen-bond donors (Lipinski definition) is 1. The predicted molar refractivity (Wildman–Crippen MR) is 109 cm³/mol. The third kappa shape index (κ3) is 3.84. The summed E-state index contributed by atoms with van der Waals surface area (Å²) < 4.78 is 14.8. The SMILES string of the molecule is COC(=O)C1=C(C)N(c2ccc(OC)cc2)C(=O)N[C@@H]1c1ccc(C(=O)OC)cc1. The minimum Gasteiger partial charge on any atom is -0.497 e. The van der Waals surface area contributed by atoms with Crippen molar-refractivity contribution in [3.05, 3.63) is 70.9 Å². The van der Waals surface area contributed by atoms with Crippen LogP contribution in [0.25, 0.3) is 0 Å². The second-order valence-electron chi connectivity index (χ2n) is 6.52. The van der Waals surface area contributed by atoms with E-state index in [0.717, 1.165) is 0 Å². The van der Waals surface area contributed by atoms with Crippen LogP contribution in [0.1, 0.15) is 28.9 Å². The molecule has 8 heteroatoms. The number of methoxy groups -OCH3 is 3. The molecule has 0 spiro atoms. The average Bonchev–Trinajstić information content (AvgIpc) is 2.78. The highest BCUT2D eigenvalue weighted by Crippen LogP contribution is 2.34. The highest BCUT2D eigenvalue weighted by atomic mass is 16.5. The van der Waals surface area contributed by atoms with E-state index in [1.54, 1.807) is 62.6 Å². The lowest BCUT2D eigenvalue weighted by molar-refractivity contribution is -0.136. The summed E-state index contributed by atoms with van der Waals surface area (Å²) in [4.78, 5) is 38.6. The monoisotopic (exact) mass is 410 g/mol. The van der Waals surface area contributed by atoms with E-state index in [9.17, 15) is 14.4 Å². The van der Waals surface area contributed by atoms with Crippen LogP contribution in [0.2, 0.25) is 0 Å². The second kappa shape index (κ2) is 8.69. The Kier molecular flexibility index (Phi) is 6.06. The van der Waals surface area contributed by atoms with Gasteiger partial charge in [0.05, 0.1) is 44.2 Å². The van der Waals surface area contributed by atoms with Crippen molar-refractivity contribution >= 4 is 23.7 Å². The quantitative estimate of drug-likeness (QED) is 0.761. The summed E-state index contributed by atoms with van der Waals surface area (Å²) in [7, 11) is 4.14. The zero-order valence-electron chi connectivity index (χ0n) is 17.1. The second-order valence-corrected chi connectivity index (χ2v) is 6.52. The molecule has 2 aromatic carbocycles. The highest BCUT2D eigenvalue weighted by Gasteiger charge is 2.37. The number of nitrogens with zero attached hydrogens (tertiary/aromatic N) is 1. The largest absolute Gasteiger partial charge is 0.497 e. The van der Waals surface area contributed by atoms with Gasteiger partial charge in [-0.25, -0.2) is 14.4 Å². The summed E-state index contributed by atoms with van der Waals surface area (Å²) in [5.74, 6) is -0.387. The zero-order chi connectivity index (χ0) is 21.8. The molecule has 3 rings (SSSR count). The van der Waals surface area contributed by atoms with Crippen LogP contribution in [-0.2, 0) is 14.3 Å². The standard InChI is InChI=1S/C22H22N2O6/c1-13-18(21(26)30-4)19(14-5-7-15(8-6-14)20(25)29-3)23-22(27)24(13)16-9-11-17(28-2)12-10-16/h5-12,19H,1-4H3,(H,23,27)/t19-/m1/s1. The molecule has 1 aliphatic rings. The molecule has 0 aliphatic carbocycles. The van der Waals surface area contributed by atoms with Crippen molar-refractivity contribution < 1.29 is 28.6 Å². The van der Waals surface area contributed by atoms with Crippen molar-refractivity contribution in [2.24, 2.45) is 0 Å². The fourth-order valence-corrected chi connectivity index (χ4v) is 3.34. The highest BCUT2D eigenvalue weighted by molar-refractivity contribution is 6.03. The van der Waals surface area contributed by atoms with Crippen LogP contribution in [0.3, 0.4) is 0 Å². The lowest BCUT2D eigenvalue weighted by Gasteiger charge is -2.35.